The van der Waals surface area contributed by atoms with E-state index in [-0.39, 0.29) is 11.1 Å². The van der Waals surface area contributed by atoms with Gasteiger partial charge in [0.2, 0.25) is 5.91 Å². The van der Waals surface area contributed by atoms with E-state index in [2.05, 4.69) is 0 Å². The molecule has 1 aliphatic heterocycles. The van der Waals surface area contributed by atoms with Gasteiger partial charge in [-0.25, -0.2) is 4.90 Å². The maximum absolute atomic E-state index is 13.1. The normalized spacial score (nSPS) is 16.5. The number of hydrogen-bond donors (Lipinski definition) is 0. The third kappa shape index (κ3) is 3.66. The number of carbonyl (C=O) groups is 2. The second kappa shape index (κ2) is 7.97. The van der Waals surface area contributed by atoms with Gasteiger partial charge in [-0.05, 0) is 59.7 Å². The molecule has 3 aromatic carbocycles. The number of hydrogen-bond acceptors (Lipinski definition) is 5. The summed E-state index contributed by atoms with van der Waals surface area (Å²) in [5.74, 6) is 1.15. The Kier molecular flexibility index (Phi) is 5.39. The lowest BCUT2D eigenvalue weighted by Crippen LogP contribution is -2.32. The fourth-order valence-electron chi connectivity index (χ4n) is 3.47. The summed E-state index contributed by atoms with van der Waals surface area (Å²) in [5.41, 5.74) is 1.39. The van der Waals surface area contributed by atoms with E-state index in [1.54, 1.807) is 38.5 Å². The van der Waals surface area contributed by atoms with Crippen molar-refractivity contribution in [1.82, 2.24) is 0 Å². The van der Waals surface area contributed by atoms with Gasteiger partial charge in [0, 0.05) is 10.6 Å². The number of rotatable bonds is 5. The van der Waals surface area contributed by atoms with Gasteiger partial charge in [-0.3, -0.25) is 9.59 Å². The summed E-state index contributed by atoms with van der Waals surface area (Å²) >= 11 is 6.95. The summed E-state index contributed by atoms with van der Waals surface area (Å²) in [6.07, 6.45) is 0.368. The highest BCUT2D eigenvalue weighted by atomic mass is 35.5. The number of amides is 2. The minimum absolute atomic E-state index is 0.246. The van der Waals surface area contributed by atoms with Crippen LogP contribution in [-0.4, -0.2) is 30.6 Å². The third-order valence-corrected chi connectivity index (χ3v) is 6.20. The van der Waals surface area contributed by atoms with Crippen molar-refractivity contribution in [3.63, 3.8) is 0 Å². The van der Waals surface area contributed by atoms with E-state index in [0.717, 1.165) is 33.8 Å². The largest absolute Gasteiger partial charge is 0.497 e. The van der Waals surface area contributed by atoms with Crippen molar-refractivity contribution in [2.45, 2.75) is 11.7 Å². The summed E-state index contributed by atoms with van der Waals surface area (Å²) in [6.45, 7) is 0. The van der Waals surface area contributed by atoms with Crippen LogP contribution in [0, 0.1) is 0 Å². The van der Waals surface area contributed by atoms with Crippen LogP contribution < -0.4 is 14.4 Å². The van der Waals surface area contributed by atoms with Gasteiger partial charge in [-0.15, -0.1) is 0 Å². The Labute approximate surface area is 177 Å². The zero-order chi connectivity index (χ0) is 20.5. The van der Waals surface area contributed by atoms with Crippen LogP contribution in [0.15, 0.2) is 54.6 Å². The molecular weight excluding hydrogens is 410 g/mol. The molecule has 0 unspecified atom stereocenters. The van der Waals surface area contributed by atoms with Crippen LogP contribution in [0.4, 0.5) is 10.5 Å². The lowest BCUT2D eigenvalue weighted by atomic mass is 9.98. The fraction of sp³-hybridized carbons (Fsp3) is 0.182. The van der Waals surface area contributed by atoms with Crippen LogP contribution in [0.25, 0.3) is 10.8 Å². The molecule has 0 bridgehead atoms. The summed E-state index contributed by atoms with van der Waals surface area (Å²) in [4.78, 5) is 26.8. The molecule has 0 spiro atoms. The molecule has 1 fully saturated rings. The minimum Gasteiger partial charge on any atom is -0.497 e. The molecule has 0 aromatic heterocycles. The van der Waals surface area contributed by atoms with Crippen molar-refractivity contribution < 1.29 is 19.1 Å². The zero-order valence-electron chi connectivity index (χ0n) is 15.8. The Morgan fingerprint density at radius 2 is 1.72 bits per heavy atom. The highest BCUT2D eigenvalue weighted by Crippen LogP contribution is 2.38. The van der Waals surface area contributed by atoms with Crippen molar-refractivity contribution in [3.05, 3.63) is 65.2 Å². The molecule has 0 N–H and O–H groups in total. The highest BCUT2D eigenvalue weighted by molar-refractivity contribution is 8.15. The maximum atomic E-state index is 13.1. The molecule has 29 heavy (non-hydrogen) atoms. The molecule has 5 nitrogen and oxygen atoms in total. The summed E-state index contributed by atoms with van der Waals surface area (Å²) in [6, 6.07) is 16.3. The molecular formula is C22H18ClNO4S. The third-order valence-electron chi connectivity index (χ3n) is 4.91. The van der Waals surface area contributed by atoms with Gasteiger partial charge in [0.1, 0.15) is 11.5 Å². The maximum Gasteiger partial charge on any atom is 0.293 e. The molecule has 3 aromatic rings. The van der Waals surface area contributed by atoms with E-state index in [9.17, 15) is 9.59 Å². The molecule has 1 heterocycles. The van der Waals surface area contributed by atoms with E-state index < -0.39 is 5.25 Å². The quantitative estimate of drug-likeness (QED) is 0.551. The van der Waals surface area contributed by atoms with Crippen molar-refractivity contribution in [1.29, 1.82) is 0 Å². The van der Waals surface area contributed by atoms with Crippen molar-refractivity contribution in [2.75, 3.05) is 19.1 Å². The van der Waals surface area contributed by atoms with Crippen LogP contribution >= 0.6 is 23.4 Å². The second-order valence-corrected chi connectivity index (χ2v) is 8.15. The first-order valence-corrected chi connectivity index (χ1v) is 10.2. The Morgan fingerprint density at radius 1 is 1.00 bits per heavy atom. The lowest BCUT2D eigenvalue weighted by Gasteiger charge is -2.16. The van der Waals surface area contributed by atoms with Gasteiger partial charge >= 0.3 is 0 Å². The predicted molar refractivity (Wildman–Crippen MR) is 116 cm³/mol. The second-order valence-electron chi connectivity index (χ2n) is 6.56. The van der Waals surface area contributed by atoms with Crippen LogP contribution in [0.1, 0.15) is 5.56 Å². The number of fused-ring (bicyclic) bond motifs is 1. The van der Waals surface area contributed by atoms with Crippen molar-refractivity contribution >= 4 is 51.0 Å². The summed E-state index contributed by atoms with van der Waals surface area (Å²) in [7, 11) is 3.21. The van der Waals surface area contributed by atoms with Gasteiger partial charge in [0.25, 0.3) is 5.24 Å². The van der Waals surface area contributed by atoms with Gasteiger partial charge in [0.05, 0.1) is 25.2 Å². The minimum atomic E-state index is -0.538. The number of benzene rings is 3. The number of methoxy groups -OCH3 is 2. The highest BCUT2D eigenvalue weighted by Gasteiger charge is 2.41. The first-order valence-electron chi connectivity index (χ1n) is 8.95. The number of nitrogens with zero attached hydrogens (tertiary/aromatic N) is 1. The first kappa shape index (κ1) is 19.6. The number of ether oxygens (including phenoxy) is 2. The standard InChI is InChI=1S/C22H18ClNO4S/c1-27-16-9-3-13-4-10-19(28-2)18(17(13)11-16)12-20-21(25)24(22(26)29-20)15-7-5-14(23)6-8-15/h3-11,20H,12H2,1-2H3/t20-/m0/s1. The zero-order valence-corrected chi connectivity index (χ0v) is 17.4. The number of halogens is 1. The van der Waals surface area contributed by atoms with Crippen molar-refractivity contribution in [2.24, 2.45) is 0 Å². The molecule has 2 amide bonds. The van der Waals surface area contributed by atoms with Crippen LogP contribution in [-0.2, 0) is 11.2 Å². The molecule has 0 saturated carbocycles. The van der Waals surface area contributed by atoms with E-state index in [0.29, 0.717) is 22.9 Å². The van der Waals surface area contributed by atoms with E-state index in [1.165, 1.54) is 4.90 Å². The molecule has 1 atom stereocenters. The van der Waals surface area contributed by atoms with Gasteiger partial charge < -0.3 is 9.47 Å². The SMILES string of the molecule is COc1ccc2ccc(OC)c(C[C@@H]3SC(=O)N(c4ccc(Cl)cc4)C3=O)c2c1. The topological polar surface area (TPSA) is 55.8 Å². The van der Waals surface area contributed by atoms with Gasteiger partial charge in [0.15, 0.2) is 0 Å². The average Bonchev–Trinajstić information content (AvgIpc) is 3.01. The smallest absolute Gasteiger partial charge is 0.293 e. The Bertz CT molecular complexity index is 1090. The first-order chi connectivity index (χ1) is 14.0. The summed E-state index contributed by atoms with van der Waals surface area (Å²) in [5, 5.41) is 1.67. The molecule has 7 heteroatoms. The fourth-order valence-corrected chi connectivity index (χ4v) is 4.59. The Balaban J connectivity index is 1.70. The Hall–Kier alpha value is -2.70. The average molecular weight is 428 g/mol. The predicted octanol–water partition coefficient (Wildman–Crippen LogP) is 5.32. The van der Waals surface area contributed by atoms with Crippen LogP contribution in [0.3, 0.4) is 0 Å². The van der Waals surface area contributed by atoms with E-state index in [1.807, 2.05) is 30.3 Å². The van der Waals surface area contributed by atoms with Crippen LogP contribution in [0.2, 0.25) is 5.02 Å². The summed E-state index contributed by atoms with van der Waals surface area (Å²) < 4.78 is 10.9. The number of carbonyl (C=O) groups excluding carboxylic acids is 2. The molecule has 0 aliphatic carbocycles. The molecule has 148 valence electrons. The number of imide groups is 1. The van der Waals surface area contributed by atoms with E-state index >= 15 is 0 Å². The number of anilines is 1. The molecule has 1 aliphatic rings. The van der Waals surface area contributed by atoms with Crippen molar-refractivity contribution in [3.8, 4) is 11.5 Å². The van der Waals surface area contributed by atoms with Gasteiger partial charge in [-0.1, -0.05) is 35.5 Å². The lowest BCUT2D eigenvalue weighted by molar-refractivity contribution is -0.117. The number of thioether (sulfide) groups is 1. The molecule has 4 rings (SSSR count). The molecule has 0 radical (unpaired) electrons. The van der Waals surface area contributed by atoms with Crippen LogP contribution in [0.5, 0.6) is 11.5 Å². The van der Waals surface area contributed by atoms with E-state index in [4.69, 9.17) is 21.1 Å². The molecule has 1 saturated heterocycles. The monoisotopic (exact) mass is 427 g/mol. The Morgan fingerprint density at radius 3 is 2.41 bits per heavy atom. The van der Waals surface area contributed by atoms with Gasteiger partial charge in [-0.2, -0.15) is 0 Å².